The van der Waals surface area contributed by atoms with Gasteiger partial charge in [0.2, 0.25) is 0 Å². The van der Waals surface area contributed by atoms with E-state index in [1.165, 1.54) is 43.2 Å². The second-order valence-electron chi connectivity index (χ2n) is 6.77. The number of hydrogen-bond acceptors (Lipinski definition) is 3. The molecule has 2 heterocycles. The first-order valence-electron chi connectivity index (χ1n) is 8.60. The molecule has 2 fully saturated rings. The van der Waals surface area contributed by atoms with Gasteiger partial charge in [0.1, 0.15) is 5.69 Å². The van der Waals surface area contributed by atoms with Crippen molar-refractivity contribution >= 4 is 0 Å². The second kappa shape index (κ2) is 6.21. The summed E-state index contributed by atoms with van der Waals surface area (Å²) < 4.78 is 2.03. The Labute approximate surface area is 131 Å². The molecule has 4 rings (SSSR count). The fourth-order valence-corrected chi connectivity index (χ4v) is 3.54. The summed E-state index contributed by atoms with van der Waals surface area (Å²) in [5.74, 6) is 1.50. The summed E-state index contributed by atoms with van der Waals surface area (Å²) in [6.07, 6.45) is 8.65. The molecule has 0 radical (unpaired) electrons. The summed E-state index contributed by atoms with van der Waals surface area (Å²) in [6.45, 7) is 3.27. The summed E-state index contributed by atoms with van der Waals surface area (Å²) in [7, 11) is 0. The van der Waals surface area contributed by atoms with E-state index >= 15 is 0 Å². The van der Waals surface area contributed by atoms with Gasteiger partial charge < -0.3 is 5.32 Å². The summed E-state index contributed by atoms with van der Waals surface area (Å²) in [4.78, 5) is 0. The molecule has 0 spiro atoms. The predicted octanol–water partition coefficient (Wildman–Crippen LogP) is 3.21. The number of benzene rings is 1. The summed E-state index contributed by atoms with van der Waals surface area (Å²) in [6, 6.07) is 8.88. The Morgan fingerprint density at radius 2 is 2.00 bits per heavy atom. The quantitative estimate of drug-likeness (QED) is 0.942. The molecule has 1 aromatic heterocycles. The highest BCUT2D eigenvalue weighted by Gasteiger charge is 2.20. The van der Waals surface area contributed by atoms with Gasteiger partial charge in [0, 0.05) is 12.1 Å². The maximum Gasteiger partial charge on any atom is 0.113 e. The van der Waals surface area contributed by atoms with Gasteiger partial charge in [-0.15, -0.1) is 5.10 Å². The standard InChI is InChI=1S/C18H24N4/c1-3-15(4-1)16-5-2-6-17(11-16)18-13-22(21-20-18)12-14-7-9-19-10-8-14/h2,5-6,11,13-15,19H,1,3-4,7-10,12H2. The topological polar surface area (TPSA) is 42.7 Å². The lowest BCUT2D eigenvalue weighted by molar-refractivity contribution is 0.318. The number of nitrogens with one attached hydrogen (secondary N) is 1. The average molecular weight is 296 g/mol. The minimum Gasteiger partial charge on any atom is -0.317 e. The molecular weight excluding hydrogens is 272 g/mol. The van der Waals surface area contributed by atoms with E-state index in [2.05, 4.69) is 46.1 Å². The van der Waals surface area contributed by atoms with Crippen molar-refractivity contribution in [3.63, 3.8) is 0 Å². The Bertz CT molecular complexity index is 624. The molecule has 0 bridgehead atoms. The summed E-state index contributed by atoms with van der Waals surface area (Å²) >= 11 is 0. The fraction of sp³-hybridized carbons (Fsp3) is 0.556. The zero-order valence-corrected chi connectivity index (χ0v) is 13.0. The van der Waals surface area contributed by atoms with Gasteiger partial charge in [0.05, 0.1) is 6.20 Å². The molecule has 4 nitrogen and oxygen atoms in total. The van der Waals surface area contributed by atoms with Crippen LogP contribution in [0.1, 0.15) is 43.6 Å². The molecule has 1 N–H and O–H groups in total. The number of aromatic nitrogens is 3. The van der Waals surface area contributed by atoms with Gasteiger partial charge in [-0.25, -0.2) is 0 Å². The highest BCUT2D eigenvalue weighted by molar-refractivity contribution is 5.59. The van der Waals surface area contributed by atoms with Crippen molar-refractivity contribution in [1.29, 1.82) is 0 Å². The third kappa shape index (κ3) is 2.93. The van der Waals surface area contributed by atoms with Gasteiger partial charge in [-0.1, -0.05) is 29.8 Å². The molecular formula is C18H24N4. The maximum absolute atomic E-state index is 4.39. The Morgan fingerprint density at radius 1 is 1.14 bits per heavy atom. The third-order valence-corrected chi connectivity index (χ3v) is 5.20. The normalized spacial score (nSPS) is 20.0. The molecule has 22 heavy (non-hydrogen) atoms. The number of nitrogens with zero attached hydrogens (tertiary/aromatic N) is 3. The molecule has 1 aromatic carbocycles. The third-order valence-electron chi connectivity index (χ3n) is 5.20. The number of rotatable bonds is 4. The van der Waals surface area contributed by atoms with Gasteiger partial charge in [-0.2, -0.15) is 0 Å². The minimum absolute atomic E-state index is 0.733. The van der Waals surface area contributed by atoms with Gasteiger partial charge >= 0.3 is 0 Å². The van der Waals surface area contributed by atoms with Crippen LogP contribution < -0.4 is 5.32 Å². The average Bonchev–Trinajstić information content (AvgIpc) is 2.95. The van der Waals surface area contributed by atoms with Crippen LogP contribution in [0, 0.1) is 5.92 Å². The monoisotopic (exact) mass is 296 g/mol. The SMILES string of the molecule is c1cc(-c2cn(CC3CCNCC3)nn2)cc(C2CCC2)c1. The van der Waals surface area contributed by atoms with E-state index in [1.54, 1.807) is 0 Å². The van der Waals surface area contributed by atoms with E-state index in [4.69, 9.17) is 0 Å². The van der Waals surface area contributed by atoms with Crippen molar-refractivity contribution in [3.8, 4) is 11.3 Å². The molecule has 1 saturated heterocycles. The van der Waals surface area contributed by atoms with Crippen molar-refractivity contribution < 1.29 is 0 Å². The van der Waals surface area contributed by atoms with Crippen LogP contribution in [-0.2, 0) is 6.54 Å². The molecule has 1 aliphatic carbocycles. The van der Waals surface area contributed by atoms with Crippen LogP contribution >= 0.6 is 0 Å². The van der Waals surface area contributed by atoms with E-state index in [0.29, 0.717) is 0 Å². The summed E-state index contributed by atoms with van der Waals surface area (Å²) in [5, 5.41) is 12.1. The zero-order valence-electron chi connectivity index (χ0n) is 13.0. The highest BCUT2D eigenvalue weighted by Crippen LogP contribution is 2.37. The Hall–Kier alpha value is -1.68. The molecule has 1 aliphatic heterocycles. The molecule has 4 heteroatoms. The number of hydrogen-bond donors (Lipinski definition) is 1. The van der Waals surface area contributed by atoms with E-state index in [1.807, 2.05) is 4.68 Å². The molecule has 1 saturated carbocycles. The number of piperidine rings is 1. The largest absolute Gasteiger partial charge is 0.317 e. The second-order valence-corrected chi connectivity index (χ2v) is 6.77. The van der Waals surface area contributed by atoms with E-state index in [-0.39, 0.29) is 0 Å². The maximum atomic E-state index is 4.39. The van der Waals surface area contributed by atoms with Crippen molar-refractivity contribution in [1.82, 2.24) is 20.3 Å². The Kier molecular flexibility index (Phi) is 3.94. The lowest BCUT2D eigenvalue weighted by Gasteiger charge is -2.26. The smallest absolute Gasteiger partial charge is 0.113 e. The van der Waals surface area contributed by atoms with Crippen LogP contribution in [0.15, 0.2) is 30.5 Å². The first-order chi connectivity index (χ1) is 10.9. The van der Waals surface area contributed by atoms with Crippen LogP contribution in [0.2, 0.25) is 0 Å². The van der Waals surface area contributed by atoms with Crippen LogP contribution in [-0.4, -0.2) is 28.1 Å². The Balaban J connectivity index is 1.48. The van der Waals surface area contributed by atoms with Gasteiger partial charge in [-0.05, 0) is 62.2 Å². The van der Waals surface area contributed by atoms with Crippen LogP contribution in [0.4, 0.5) is 0 Å². The molecule has 2 aliphatic rings. The zero-order chi connectivity index (χ0) is 14.8. The lowest BCUT2D eigenvalue weighted by Crippen LogP contribution is -2.30. The van der Waals surface area contributed by atoms with Gasteiger partial charge in [0.25, 0.3) is 0 Å². The van der Waals surface area contributed by atoms with Crippen molar-refractivity contribution in [2.24, 2.45) is 5.92 Å². The van der Waals surface area contributed by atoms with Crippen molar-refractivity contribution in [2.75, 3.05) is 13.1 Å². The first-order valence-corrected chi connectivity index (χ1v) is 8.60. The highest BCUT2D eigenvalue weighted by atomic mass is 15.4. The first kappa shape index (κ1) is 13.9. The molecule has 0 amide bonds. The molecule has 0 atom stereocenters. The minimum atomic E-state index is 0.733. The van der Waals surface area contributed by atoms with Crippen molar-refractivity contribution in [2.45, 2.75) is 44.6 Å². The summed E-state index contributed by atoms with van der Waals surface area (Å²) in [5.41, 5.74) is 3.69. The van der Waals surface area contributed by atoms with E-state index in [0.717, 1.165) is 37.2 Å². The molecule has 0 unspecified atom stereocenters. The van der Waals surface area contributed by atoms with E-state index in [9.17, 15) is 0 Å². The van der Waals surface area contributed by atoms with E-state index < -0.39 is 0 Å². The van der Waals surface area contributed by atoms with Gasteiger partial charge in [0.15, 0.2) is 0 Å². The molecule has 2 aromatic rings. The van der Waals surface area contributed by atoms with Crippen LogP contribution in [0.5, 0.6) is 0 Å². The predicted molar refractivity (Wildman–Crippen MR) is 87.6 cm³/mol. The fourth-order valence-electron chi connectivity index (χ4n) is 3.54. The van der Waals surface area contributed by atoms with Crippen molar-refractivity contribution in [3.05, 3.63) is 36.0 Å². The Morgan fingerprint density at radius 3 is 2.77 bits per heavy atom. The lowest BCUT2D eigenvalue weighted by atomic mass is 9.79. The van der Waals surface area contributed by atoms with Crippen LogP contribution in [0.25, 0.3) is 11.3 Å². The molecule has 116 valence electrons. The van der Waals surface area contributed by atoms with Crippen LogP contribution in [0.3, 0.4) is 0 Å². The van der Waals surface area contributed by atoms with Gasteiger partial charge in [-0.3, -0.25) is 4.68 Å².